The summed E-state index contributed by atoms with van der Waals surface area (Å²) in [6.45, 7) is 14.5. The normalized spacial score (nSPS) is 19.7. The molecule has 28 heavy (non-hydrogen) atoms. The molecule has 2 heterocycles. The zero-order valence-electron chi connectivity index (χ0n) is 17.6. The number of thioether (sulfide) groups is 1. The first-order valence-electron chi connectivity index (χ1n) is 9.78. The Labute approximate surface area is 172 Å². The minimum atomic E-state index is -0.866. The summed E-state index contributed by atoms with van der Waals surface area (Å²) in [5.74, 6) is 5.77. The molecule has 0 amide bonds. The maximum absolute atomic E-state index is 11.2. The minimum absolute atomic E-state index is 0.118. The summed E-state index contributed by atoms with van der Waals surface area (Å²) in [7, 11) is 0. The molecule has 0 aromatic heterocycles. The second kappa shape index (κ2) is 7.37. The highest BCUT2D eigenvalue weighted by Gasteiger charge is 2.38. The van der Waals surface area contributed by atoms with E-state index in [1.807, 2.05) is 29.7 Å². The molecule has 0 spiro atoms. The van der Waals surface area contributed by atoms with Gasteiger partial charge in [-0.15, -0.1) is 11.8 Å². The largest absolute Gasteiger partial charge is 0.478 e. The molecule has 0 saturated carbocycles. The van der Waals surface area contributed by atoms with Gasteiger partial charge in [0.25, 0.3) is 0 Å². The monoisotopic (exact) mass is 395 g/mol. The average Bonchev–Trinajstić information content (AvgIpc) is 2.58. The quantitative estimate of drug-likeness (QED) is 0.705. The minimum Gasteiger partial charge on any atom is -0.478 e. The van der Waals surface area contributed by atoms with Crippen LogP contribution in [0.15, 0.2) is 40.5 Å². The SMILES string of the molecule is CCN1CC(C(=O)O)=CC=C1C#Cc1cc2c(cc1C)SC(C)(C)CC2(C)C. The van der Waals surface area contributed by atoms with Gasteiger partial charge in [-0.05, 0) is 67.0 Å². The second-order valence-corrected chi connectivity index (χ2v) is 10.6. The van der Waals surface area contributed by atoms with Crippen LogP contribution in [0.2, 0.25) is 0 Å². The molecular formula is C24H29NO2S. The summed E-state index contributed by atoms with van der Waals surface area (Å²) in [4.78, 5) is 14.6. The van der Waals surface area contributed by atoms with Crippen molar-refractivity contribution in [1.82, 2.24) is 4.90 Å². The molecule has 0 fully saturated rings. The van der Waals surface area contributed by atoms with Gasteiger partial charge in [0.2, 0.25) is 0 Å². The van der Waals surface area contributed by atoms with Crippen molar-refractivity contribution >= 4 is 17.7 Å². The predicted molar refractivity (Wildman–Crippen MR) is 117 cm³/mol. The van der Waals surface area contributed by atoms with Gasteiger partial charge < -0.3 is 10.0 Å². The zero-order valence-corrected chi connectivity index (χ0v) is 18.5. The van der Waals surface area contributed by atoms with Crippen molar-refractivity contribution in [2.75, 3.05) is 13.1 Å². The molecule has 0 saturated heterocycles. The van der Waals surface area contributed by atoms with Crippen LogP contribution >= 0.6 is 11.8 Å². The van der Waals surface area contributed by atoms with E-state index >= 15 is 0 Å². The Balaban J connectivity index is 1.98. The third-order valence-corrected chi connectivity index (χ3v) is 6.69. The fourth-order valence-electron chi connectivity index (χ4n) is 4.22. The third-order valence-electron chi connectivity index (χ3n) is 5.44. The number of carbonyl (C=O) groups is 1. The molecule has 3 nitrogen and oxygen atoms in total. The maximum atomic E-state index is 11.2. The molecule has 1 N–H and O–H groups in total. The van der Waals surface area contributed by atoms with E-state index in [0.717, 1.165) is 24.2 Å². The number of allylic oxidation sites excluding steroid dienone is 3. The lowest BCUT2D eigenvalue weighted by Crippen LogP contribution is -2.33. The fraction of sp³-hybridized carbons (Fsp3) is 0.458. The molecule has 0 aliphatic carbocycles. The van der Waals surface area contributed by atoms with E-state index in [1.54, 1.807) is 6.08 Å². The lowest BCUT2D eigenvalue weighted by Gasteiger charge is -2.42. The van der Waals surface area contributed by atoms with E-state index < -0.39 is 5.97 Å². The lowest BCUT2D eigenvalue weighted by molar-refractivity contribution is -0.132. The molecule has 0 unspecified atom stereocenters. The molecule has 2 aliphatic heterocycles. The van der Waals surface area contributed by atoms with Crippen LogP contribution in [-0.4, -0.2) is 33.8 Å². The van der Waals surface area contributed by atoms with Gasteiger partial charge >= 0.3 is 5.97 Å². The van der Waals surface area contributed by atoms with E-state index in [2.05, 4.69) is 58.6 Å². The fourth-order valence-corrected chi connectivity index (χ4v) is 5.93. The Morgan fingerprint density at radius 1 is 1.21 bits per heavy atom. The first kappa shape index (κ1) is 20.6. The van der Waals surface area contributed by atoms with Crippen LogP contribution in [0, 0.1) is 18.8 Å². The number of rotatable bonds is 2. The standard InChI is InChI=1S/C24H29NO2S/c1-7-25-14-18(22(26)27)9-11-19(25)10-8-17-13-20-21(12-16(17)2)28-24(5,6)15-23(20,3)4/h9,11-13H,7,14-15H2,1-6H3,(H,26,27). The van der Waals surface area contributed by atoms with Crippen LogP contribution in [0.5, 0.6) is 0 Å². The number of nitrogens with zero attached hydrogens (tertiary/aromatic N) is 1. The van der Waals surface area contributed by atoms with Crippen molar-refractivity contribution < 1.29 is 9.90 Å². The van der Waals surface area contributed by atoms with Crippen LogP contribution in [0.3, 0.4) is 0 Å². The number of fused-ring (bicyclic) bond motifs is 1. The Kier molecular flexibility index (Phi) is 5.42. The summed E-state index contributed by atoms with van der Waals surface area (Å²) in [6.07, 6.45) is 4.62. The van der Waals surface area contributed by atoms with E-state index in [4.69, 9.17) is 0 Å². The topological polar surface area (TPSA) is 40.5 Å². The lowest BCUT2D eigenvalue weighted by atomic mass is 9.76. The Hall–Kier alpha value is -2.12. The van der Waals surface area contributed by atoms with Gasteiger partial charge in [0.1, 0.15) is 0 Å². The van der Waals surface area contributed by atoms with Crippen LogP contribution in [0.4, 0.5) is 0 Å². The zero-order chi connectivity index (χ0) is 20.7. The summed E-state index contributed by atoms with van der Waals surface area (Å²) in [5.41, 5.74) is 5.01. The number of aliphatic carboxylic acids is 1. The van der Waals surface area contributed by atoms with Crippen LogP contribution in [-0.2, 0) is 10.2 Å². The van der Waals surface area contributed by atoms with Crippen LogP contribution in [0.25, 0.3) is 0 Å². The molecule has 0 radical (unpaired) electrons. The van der Waals surface area contributed by atoms with Gasteiger partial charge in [-0.25, -0.2) is 4.79 Å². The maximum Gasteiger partial charge on any atom is 0.333 e. The van der Waals surface area contributed by atoms with Crippen LogP contribution in [0.1, 0.15) is 57.7 Å². The number of aryl methyl sites for hydroxylation is 1. The van der Waals surface area contributed by atoms with Crippen molar-refractivity contribution in [3.05, 3.63) is 52.2 Å². The predicted octanol–water partition coefficient (Wildman–Crippen LogP) is 5.13. The number of hydrogen-bond donors (Lipinski definition) is 1. The highest BCUT2D eigenvalue weighted by atomic mass is 32.2. The van der Waals surface area contributed by atoms with Crippen molar-refractivity contribution in [3.8, 4) is 11.8 Å². The second-order valence-electron chi connectivity index (χ2n) is 8.90. The summed E-state index contributed by atoms with van der Waals surface area (Å²) < 4.78 is 0.235. The Morgan fingerprint density at radius 2 is 1.93 bits per heavy atom. The van der Waals surface area contributed by atoms with Gasteiger partial charge in [-0.2, -0.15) is 0 Å². The number of carboxylic acids is 1. The number of hydrogen-bond acceptors (Lipinski definition) is 3. The van der Waals surface area contributed by atoms with E-state index in [0.29, 0.717) is 12.1 Å². The number of benzene rings is 1. The van der Waals surface area contributed by atoms with Gasteiger partial charge in [0.15, 0.2) is 0 Å². The van der Waals surface area contributed by atoms with Gasteiger partial charge in [0, 0.05) is 21.8 Å². The first-order valence-corrected chi connectivity index (χ1v) is 10.6. The molecule has 0 bridgehead atoms. The Morgan fingerprint density at radius 3 is 2.57 bits per heavy atom. The highest BCUT2D eigenvalue weighted by molar-refractivity contribution is 8.00. The van der Waals surface area contributed by atoms with Gasteiger partial charge in [0.05, 0.1) is 17.8 Å². The smallest absolute Gasteiger partial charge is 0.333 e. The van der Waals surface area contributed by atoms with Crippen molar-refractivity contribution in [2.24, 2.45) is 0 Å². The molecule has 4 heteroatoms. The molecule has 1 aromatic rings. The van der Waals surface area contributed by atoms with Gasteiger partial charge in [-0.3, -0.25) is 0 Å². The third kappa shape index (κ3) is 4.15. The van der Waals surface area contributed by atoms with Crippen molar-refractivity contribution in [2.45, 2.75) is 63.0 Å². The van der Waals surface area contributed by atoms with E-state index in [9.17, 15) is 9.90 Å². The van der Waals surface area contributed by atoms with Crippen molar-refractivity contribution in [1.29, 1.82) is 0 Å². The molecule has 3 rings (SSSR count). The van der Waals surface area contributed by atoms with Crippen LogP contribution < -0.4 is 0 Å². The van der Waals surface area contributed by atoms with E-state index in [-0.39, 0.29) is 10.2 Å². The highest BCUT2D eigenvalue weighted by Crippen LogP contribution is 2.51. The summed E-state index contributed by atoms with van der Waals surface area (Å²) in [6, 6.07) is 4.54. The first-order chi connectivity index (χ1) is 13.0. The van der Waals surface area contributed by atoms with Crippen molar-refractivity contribution in [3.63, 3.8) is 0 Å². The number of carboxylic acid groups (broad SMARTS) is 1. The average molecular weight is 396 g/mol. The molecule has 2 aliphatic rings. The molecular weight excluding hydrogens is 366 g/mol. The summed E-state index contributed by atoms with van der Waals surface area (Å²) >= 11 is 1.96. The molecule has 148 valence electrons. The molecule has 1 aromatic carbocycles. The van der Waals surface area contributed by atoms with E-state index in [1.165, 1.54) is 16.0 Å². The number of likely N-dealkylation sites (N-methyl/N-ethyl adjacent to an activating group) is 1. The molecule has 0 atom stereocenters. The summed E-state index contributed by atoms with van der Waals surface area (Å²) in [5, 5.41) is 9.22. The van der Waals surface area contributed by atoms with Gasteiger partial charge in [-0.1, -0.05) is 33.6 Å². The Bertz CT molecular complexity index is 941.